The SMILES string of the molecule is CNc1nc(NCCC2CCNCC2)cc(-c2ccccn2)n1. The maximum atomic E-state index is 4.49. The summed E-state index contributed by atoms with van der Waals surface area (Å²) in [5, 5.41) is 9.86. The van der Waals surface area contributed by atoms with Crippen molar-refractivity contribution in [1.82, 2.24) is 20.3 Å². The molecule has 2 aromatic rings. The van der Waals surface area contributed by atoms with Gasteiger partial charge in [-0.15, -0.1) is 0 Å². The molecular weight excluding hydrogens is 288 g/mol. The molecule has 3 heterocycles. The fourth-order valence-corrected chi connectivity index (χ4v) is 2.87. The number of hydrogen-bond donors (Lipinski definition) is 3. The summed E-state index contributed by atoms with van der Waals surface area (Å²) >= 11 is 0. The highest BCUT2D eigenvalue weighted by molar-refractivity contribution is 5.60. The van der Waals surface area contributed by atoms with Gasteiger partial charge in [0, 0.05) is 25.9 Å². The molecule has 0 radical (unpaired) electrons. The van der Waals surface area contributed by atoms with Gasteiger partial charge in [-0.1, -0.05) is 6.07 Å². The van der Waals surface area contributed by atoms with Crippen molar-refractivity contribution >= 4 is 11.8 Å². The zero-order valence-corrected chi connectivity index (χ0v) is 13.5. The number of rotatable bonds is 6. The third kappa shape index (κ3) is 4.39. The maximum Gasteiger partial charge on any atom is 0.224 e. The summed E-state index contributed by atoms with van der Waals surface area (Å²) in [5.74, 6) is 2.26. The lowest BCUT2D eigenvalue weighted by Crippen LogP contribution is -2.28. The van der Waals surface area contributed by atoms with Gasteiger partial charge in [-0.25, -0.2) is 4.98 Å². The van der Waals surface area contributed by atoms with Crippen molar-refractivity contribution < 1.29 is 0 Å². The molecule has 1 aliphatic rings. The normalized spacial score (nSPS) is 15.3. The second-order valence-electron chi connectivity index (χ2n) is 5.84. The Bertz CT molecular complexity index is 610. The summed E-state index contributed by atoms with van der Waals surface area (Å²) in [7, 11) is 1.83. The van der Waals surface area contributed by atoms with Crippen LogP contribution in [-0.4, -0.2) is 41.6 Å². The van der Waals surface area contributed by atoms with Crippen LogP contribution in [0.4, 0.5) is 11.8 Å². The first-order chi connectivity index (χ1) is 11.3. The highest BCUT2D eigenvalue weighted by Crippen LogP contribution is 2.20. The number of nitrogens with zero attached hydrogens (tertiary/aromatic N) is 3. The van der Waals surface area contributed by atoms with E-state index in [0.29, 0.717) is 5.95 Å². The van der Waals surface area contributed by atoms with Crippen LogP contribution in [0.25, 0.3) is 11.4 Å². The number of anilines is 2. The molecule has 6 heteroatoms. The number of pyridine rings is 1. The molecule has 3 N–H and O–H groups in total. The minimum Gasteiger partial charge on any atom is -0.370 e. The largest absolute Gasteiger partial charge is 0.370 e. The lowest BCUT2D eigenvalue weighted by atomic mass is 9.95. The molecular formula is C17H24N6. The quantitative estimate of drug-likeness (QED) is 0.760. The molecule has 0 aliphatic carbocycles. The van der Waals surface area contributed by atoms with Crippen molar-refractivity contribution in [3.8, 4) is 11.4 Å². The van der Waals surface area contributed by atoms with Crippen molar-refractivity contribution in [2.75, 3.05) is 37.3 Å². The smallest absolute Gasteiger partial charge is 0.224 e. The summed E-state index contributed by atoms with van der Waals surface area (Å²) < 4.78 is 0. The van der Waals surface area contributed by atoms with Crippen LogP contribution in [0.1, 0.15) is 19.3 Å². The van der Waals surface area contributed by atoms with Crippen LogP contribution in [0.15, 0.2) is 30.5 Å². The molecule has 1 fully saturated rings. The first-order valence-corrected chi connectivity index (χ1v) is 8.28. The van der Waals surface area contributed by atoms with E-state index in [1.165, 1.54) is 19.3 Å². The second-order valence-corrected chi connectivity index (χ2v) is 5.84. The lowest BCUT2D eigenvalue weighted by molar-refractivity contribution is 0.361. The van der Waals surface area contributed by atoms with Crippen LogP contribution >= 0.6 is 0 Å². The van der Waals surface area contributed by atoms with Gasteiger partial charge < -0.3 is 16.0 Å². The predicted molar refractivity (Wildman–Crippen MR) is 93.5 cm³/mol. The molecule has 122 valence electrons. The first-order valence-electron chi connectivity index (χ1n) is 8.28. The molecule has 0 unspecified atom stereocenters. The van der Waals surface area contributed by atoms with E-state index >= 15 is 0 Å². The second kappa shape index (κ2) is 7.87. The van der Waals surface area contributed by atoms with Crippen LogP contribution in [0.3, 0.4) is 0 Å². The van der Waals surface area contributed by atoms with Gasteiger partial charge in [-0.3, -0.25) is 4.98 Å². The molecule has 0 spiro atoms. The number of piperidine rings is 1. The fraction of sp³-hybridized carbons (Fsp3) is 0.471. The van der Waals surface area contributed by atoms with E-state index in [-0.39, 0.29) is 0 Å². The number of nitrogens with one attached hydrogen (secondary N) is 3. The van der Waals surface area contributed by atoms with Gasteiger partial charge in [0.2, 0.25) is 5.95 Å². The van der Waals surface area contributed by atoms with E-state index in [1.54, 1.807) is 6.20 Å². The van der Waals surface area contributed by atoms with E-state index in [2.05, 4.69) is 30.9 Å². The van der Waals surface area contributed by atoms with Gasteiger partial charge in [-0.05, 0) is 50.4 Å². The molecule has 0 atom stereocenters. The van der Waals surface area contributed by atoms with Gasteiger partial charge in [0.25, 0.3) is 0 Å². The van der Waals surface area contributed by atoms with Gasteiger partial charge >= 0.3 is 0 Å². The summed E-state index contributed by atoms with van der Waals surface area (Å²) in [6.07, 6.45) is 5.50. The average molecular weight is 312 g/mol. The van der Waals surface area contributed by atoms with E-state index < -0.39 is 0 Å². The molecule has 0 amide bonds. The van der Waals surface area contributed by atoms with Crippen molar-refractivity contribution in [3.63, 3.8) is 0 Å². The first kappa shape index (κ1) is 15.7. The zero-order valence-electron chi connectivity index (χ0n) is 13.5. The van der Waals surface area contributed by atoms with Crippen molar-refractivity contribution in [1.29, 1.82) is 0 Å². The monoisotopic (exact) mass is 312 g/mol. The summed E-state index contributed by atoms with van der Waals surface area (Å²) in [6, 6.07) is 7.79. The molecule has 0 saturated carbocycles. The van der Waals surface area contributed by atoms with E-state index in [0.717, 1.165) is 42.8 Å². The molecule has 1 aliphatic heterocycles. The van der Waals surface area contributed by atoms with Gasteiger partial charge in [0.1, 0.15) is 5.82 Å². The van der Waals surface area contributed by atoms with Crippen molar-refractivity contribution in [2.24, 2.45) is 5.92 Å². The lowest BCUT2D eigenvalue weighted by Gasteiger charge is -2.22. The van der Waals surface area contributed by atoms with Crippen molar-refractivity contribution in [2.45, 2.75) is 19.3 Å². The highest BCUT2D eigenvalue weighted by atomic mass is 15.1. The molecule has 23 heavy (non-hydrogen) atoms. The Morgan fingerprint density at radius 3 is 2.78 bits per heavy atom. The maximum absolute atomic E-state index is 4.49. The van der Waals surface area contributed by atoms with E-state index in [1.807, 2.05) is 31.3 Å². The molecule has 0 bridgehead atoms. The Kier molecular flexibility index (Phi) is 5.37. The van der Waals surface area contributed by atoms with Gasteiger partial charge in [0.05, 0.1) is 11.4 Å². The van der Waals surface area contributed by atoms with Crippen molar-refractivity contribution in [3.05, 3.63) is 30.5 Å². The van der Waals surface area contributed by atoms with Gasteiger partial charge in [-0.2, -0.15) is 4.98 Å². The van der Waals surface area contributed by atoms with Crippen LogP contribution in [0.5, 0.6) is 0 Å². The third-order valence-electron chi connectivity index (χ3n) is 4.19. The highest BCUT2D eigenvalue weighted by Gasteiger charge is 2.13. The van der Waals surface area contributed by atoms with Crippen LogP contribution in [-0.2, 0) is 0 Å². The van der Waals surface area contributed by atoms with E-state index in [4.69, 9.17) is 0 Å². The number of aromatic nitrogens is 3. The van der Waals surface area contributed by atoms with Crippen LogP contribution in [0.2, 0.25) is 0 Å². The zero-order chi connectivity index (χ0) is 15.9. The van der Waals surface area contributed by atoms with E-state index in [9.17, 15) is 0 Å². The molecule has 0 aromatic carbocycles. The molecule has 6 nitrogen and oxygen atoms in total. The third-order valence-corrected chi connectivity index (χ3v) is 4.19. The molecule has 2 aromatic heterocycles. The minimum atomic E-state index is 0.609. The van der Waals surface area contributed by atoms with Crippen LogP contribution in [0, 0.1) is 5.92 Å². The molecule has 1 saturated heterocycles. The van der Waals surface area contributed by atoms with Crippen LogP contribution < -0.4 is 16.0 Å². The predicted octanol–water partition coefficient (Wildman–Crippen LogP) is 2.38. The summed E-state index contributed by atoms with van der Waals surface area (Å²) in [4.78, 5) is 13.3. The fourth-order valence-electron chi connectivity index (χ4n) is 2.87. The Morgan fingerprint density at radius 1 is 1.17 bits per heavy atom. The standard InChI is InChI=1S/C17H24N6/c1-18-17-22-15(14-4-2-3-8-20-14)12-16(23-17)21-11-7-13-5-9-19-10-6-13/h2-4,8,12-13,19H,5-7,9-11H2,1H3,(H2,18,21,22,23). The average Bonchev–Trinajstić information content (AvgIpc) is 2.63. The van der Waals surface area contributed by atoms with Gasteiger partial charge in [0.15, 0.2) is 0 Å². The minimum absolute atomic E-state index is 0.609. The Balaban J connectivity index is 1.66. The topological polar surface area (TPSA) is 74.8 Å². The Morgan fingerprint density at radius 2 is 2.04 bits per heavy atom. The molecule has 3 rings (SSSR count). The summed E-state index contributed by atoms with van der Waals surface area (Å²) in [6.45, 7) is 3.23. The number of hydrogen-bond acceptors (Lipinski definition) is 6. The summed E-state index contributed by atoms with van der Waals surface area (Å²) in [5.41, 5.74) is 1.68. The Labute approximate surface area is 137 Å². The Hall–Kier alpha value is -2.21.